The minimum Gasteiger partial charge on any atom is -0.507 e. The third-order valence-electron chi connectivity index (χ3n) is 4.16. The van der Waals surface area contributed by atoms with Gasteiger partial charge in [0.1, 0.15) is 5.75 Å². The van der Waals surface area contributed by atoms with Gasteiger partial charge in [-0.15, -0.1) is 0 Å². The van der Waals surface area contributed by atoms with Crippen molar-refractivity contribution < 1.29 is 9.90 Å². The molecule has 0 radical (unpaired) electrons. The van der Waals surface area contributed by atoms with Gasteiger partial charge in [-0.3, -0.25) is 4.79 Å². The molecule has 0 aliphatic carbocycles. The van der Waals surface area contributed by atoms with Crippen molar-refractivity contribution in [3.63, 3.8) is 0 Å². The lowest BCUT2D eigenvalue weighted by Crippen LogP contribution is -1.92. The molecule has 0 aliphatic heterocycles. The predicted octanol–water partition coefficient (Wildman–Crippen LogP) is 5.16. The van der Waals surface area contributed by atoms with Gasteiger partial charge in [-0.25, -0.2) is 0 Å². The highest BCUT2D eigenvalue weighted by atomic mass is 16.3. The zero-order valence-electron chi connectivity index (χ0n) is 13.2. The molecule has 0 fully saturated rings. The van der Waals surface area contributed by atoms with Crippen LogP contribution in [0.5, 0.6) is 5.75 Å². The molecule has 0 aliphatic rings. The molecular formula is C21H18O2. The van der Waals surface area contributed by atoms with Crippen molar-refractivity contribution in [2.75, 3.05) is 0 Å². The number of hydrogen-bond acceptors (Lipinski definition) is 2. The summed E-state index contributed by atoms with van der Waals surface area (Å²) in [6.45, 7) is 4.03. The summed E-state index contributed by atoms with van der Waals surface area (Å²) >= 11 is 0. The standard InChI is InChI=1S/C21H18O2/c1-14-7-3-5-9-18(14)16-11-17(13-22)21(23)20(12-16)19-10-6-4-8-15(19)2/h3-13,23H,1-2H3. The minimum atomic E-state index is 0.0339. The van der Waals surface area contributed by atoms with E-state index in [0.717, 1.165) is 27.8 Å². The number of aryl methyl sites for hydroxylation is 2. The zero-order chi connectivity index (χ0) is 16.4. The molecule has 0 atom stereocenters. The van der Waals surface area contributed by atoms with Crippen LogP contribution in [0.25, 0.3) is 22.3 Å². The third-order valence-corrected chi connectivity index (χ3v) is 4.16. The van der Waals surface area contributed by atoms with E-state index in [4.69, 9.17) is 0 Å². The fourth-order valence-corrected chi connectivity index (χ4v) is 2.88. The van der Waals surface area contributed by atoms with Crippen LogP contribution in [-0.4, -0.2) is 11.4 Å². The van der Waals surface area contributed by atoms with Gasteiger partial charge in [0.15, 0.2) is 6.29 Å². The topological polar surface area (TPSA) is 37.3 Å². The molecule has 0 bridgehead atoms. The monoisotopic (exact) mass is 302 g/mol. The first-order valence-electron chi connectivity index (χ1n) is 7.56. The highest BCUT2D eigenvalue weighted by Crippen LogP contribution is 2.38. The number of benzene rings is 3. The fraction of sp³-hybridized carbons (Fsp3) is 0.0952. The summed E-state index contributed by atoms with van der Waals surface area (Å²) in [5.74, 6) is 0.0339. The Morgan fingerprint density at radius 3 is 1.91 bits per heavy atom. The van der Waals surface area contributed by atoms with Gasteiger partial charge in [-0.2, -0.15) is 0 Å². The Morgan fingerprint density at radius 2 is 1.35 bits per heavy atom. The summed E-state index contributed by atoms with van der Waals surface area (Å²) in [7, 11) is 0. The van der Waals surface area contributed by atoms with Gasteiger partial charge >= 0.3 is 0 Å². The van der Waals surface area contributed by atoms with Gasteiger partial charge in [0.25, 0.3) is 0 Å². The summed E-state index contributed by atoms with van der Waals surface area (Å²) in [5.41, 5.74) is 6.11. The molecule has 0 spiro atoms. The van der Waals surface area contributed by atoms with E-state index in [9.17, 15) is 9.90 Å². The number of carbonyl (C=O) groups is 1. The lowest BCUT2D eigenvalue weighted by atomic mass is 9.92. The van der Waals surface area contributed by atoms with E-state index >= 15 is 0 Å². The Balaban J connectivity index is 2.29. The molecular weight excluding hydrogens is 284 g/mol. The Bertz CT molecular complexity index is 879. The van der Waals surface area contributed by atoms with Crippen molar-refractivity contribution >= 4 is 6.29 Å². The van der Waals surface area contributed by atoms with Gasteiger partial charge in [0.2, 0.25) is 0 Å². The van der Waals surface area contributed by atoms with E-state index in [1.54, 1.807) is 6.07 Å². The van der Waals surface area contributed by atoms with E-state index in [1.165, 1.54) is 0 Å². The van der Waals surface area contributed by atoms with E-state index < -0.39 is 0 Å². The van der Waals surface area contributed by atoms with Crippen molar-refractivity contribution in [2.24, 2.45) is 0 Å². The molecule has 1 N–H and O–H groups in total. The maximum atomic E-state index is 11.4. The van der Waals surface area contributed by atoms with Crippen molar-refractivity contribution in [2.45, 2.75) is 13.8 Å². The van der Waals surface area contributed by atoms with Crippen molar-refractivity contribution in [1.29, 1.82) is 0 Å². The lowest BCUT2D eigenvalue weighted by Gasteiger charge is -2.14. The Kier molecular flexibility index (Phi) is 3.98. The maximum Gasteiger partial charge on any atom is 0.153 e. The van der Waals surface area contributed by atoms with Crippen LogP contribution >= 0.6 is 0 Å². The smallest absolute Gasteiger partial charge is 0.153 e. The van der Waals surface area contributed by atoms with Gasteiger partial charge in [-0.05, 0) is 53.8 Å². The van der Waals surface area contributed by atoms with E-state index in [-0.39, 0.29) is 5.75 Å². The molecule has 23 heavy (non-hydrogen) atoms. The maximum absolute atomic E-state index is 11.4. The van der Waals surface area contributed by atoms with Crippen LogP contribution < -0.4 is 0 Å². The Labute approximate surface area is 136 Å². The number of rotatable bonds is 3. The molecule has 2 heteroatoms. The van der Waals surface area contributed by atoms with Crippen LogP contribution in [0.3, 0.4) is 0 Å². The largest absolute Gasteiger partial charge is 0.507 e. The summed E-state index contributed by atoms with van der Waals surface area (Å²) < 4.78 is 0. The first-order chi connectivity index (χ1) is 11.1. The van der Waals surface area contributed by atoms with Crippen molar-refractivity contribution in [1.82, 2.24) is 0 Å². The summed E-state index contributed by atoms with van der Waals surface area (Å²) in [5, 5.41) is 10.5. The molecule has 2 nitrogen and oxygen atoms in total. The average molecular weight is 302 g/mol. The molecule has 0 aromatic heterocycles. The molecule has 0 saturated heterocycles. The number of hydrogen-bond donors (Lipinski definition) is 1. The summed E-state index contributed by atoms with van der Waals surface area (Å²) in [6, 6.07) is 19.6. The van der Waals surface area contributed by atoms with Crippen LogP contribution in [0.4, 0.5) is 0 Å². The van der Waals surface area contributed by atoms with Crippen molar-refractivity contribution in [3.8, 4) is 28.0 Å². The molecule has 3 aromatic rings. The number of carbonyl (C=O) groups excluding carboxylic acids is 1. The quantitative estimate of drug-likeness (QED) is 0.679. The van der Waals surface area contributed by atoms with Gasteiger partial charge < -0.3 is 5.11 Å². The molecule has 3 rings (SSSR count). The summed E-state index contributed by atoms with van der Waals surface area (Å²) in [6.07, 6.45) is 0.707. The van der Waals surface area contributed by atoms with E-state index in [0.29, 0.717) is 17.4 Å². The SMILES string of the molecule is Cc1ccccc1-c1cc(C=O)c(O)c(-c2ccccc2C)c1. The highest BCUT2D eigenvalue weighted by molar-refractivity contribution is 5.90. The molecule has 0 amide bonds. The predicted molar refractivity (Wildman–Crippen MR) is 93.8 cm³/mol. The second-order valence-electron chi connectivity index (χ2n) is 5.71. The fourth-order valence-electron chi connectivity index (χ4n) is 2.88. The van der Waals surface area contributed by atoms with Crippen LogP contribution in [-0.2, 0) is 0 Å². The molecule has 114 valence electrons. The molecule has 0 unspecified atom stereocenters. The molecule has 3 aromatic carbocycles. The number of phenols is 1. The molecule has 0 heterocycles. The first kappa shape index (κ1) is 15.0. The van der Waals surface area contributed by atoms with E-state index in [2.05, 4.69) is 0 Å². The normalized spacial score (nSPS) is 10.5. The van der Waals surface area contributed by atoms with Crippen LogP contribution in [0.1, 0.15) is 21.5 Å². The summed E-state index contributed by atoms with van der Waals surface area (Å²) in [4.78, 5) is 11.4. The van der Waals surface area contributed by atoms with Gasteiger partial charge in [0.05, 0.1) is 5.56 Å². The average Bonchev–Trinajstić information content (AvgIpc) is 2.56. The second-order valence-corrected chi connectivity index (χ2v) is 5.71. The lowest BCUT2D eigenvalue weighted by molar-refractivity contribution is 0.112. The highest BCUT2D eigenvalue weighted by Gasteiger charge is 2.14. The number of aromatic hydroxyl groups is 1. The Hall–Kier alpha value is -2.87. The van der Waals surface area contributed by atoms with Crippen LogP contribution in [0.2, 0.25) is 0 Å². The zero-order valence-corrected chi connectivity index (χ0v) is 13.2. The van der Waals surface area contributed by atoms with Crippen molar-refractivity contribution in [3.05, 3.63) is 77.4 Å². The van der Waals surface area contributed by atoms with Gasteiger partial charge in [0, 0.05) is 5.56 Å². The Morgan fingerprint density at radius 1 is 0.783 bits per heavy atom. The van der Waals surface area contributed by atoms with Crippen LogP contribution in [0.15, 0.2) is 60.7 Å². The van der Waals surface area contributed by atoms with Gasteiger partial charge in [-0.1, -0.05) is 48.5 Å². The second kappa shape index (κ2) is 6.09. The number of aldehydes is 1. The number of phenolic OH excluding ortho intramolecular Hbond substituents is 1. The van der Waals surface area contributed by atoms with E-state index in [1.807, 2.05) is 68.4 Å². The first-order valence-corrected chi connectivity index (χ1v) is 7.56. The minimum absolute atomic E-state index is 0.0339. The third kappa shape index (κ3) is 2.76. The molecule has 0 saturated carbocycles. The van der Waals surface area contributed by atoms with Crippen LogP contribution in [0, 0.1) is 13.8 Å².